The van der Waals surface area contributed by atoms with Crippen molar-refractivity contribution >= 4 is 6.21 Å². The lowest BCUT2D eigenvalue weighted by Crippen LogP contribution is -2.25. The van der Waals surface area contributed by atoms with Crippen LogP contribution in [0, 0.1) is 0 Å². The maximum atomic E-state index is 8.54. The summed E-state index contributed by atoms with van der Waals surface area (Å²) >= 11 is 0. The molecule has 1 unspecified atom stereocenters. The van der Waals surface area contributed by atoms with Gasteiger partial charge < -0.3 is 15.7 Å². The minimum atomic E-state index is -0.407. The Morgan fingerprint density at radius 2 is 2.23 bits per heavy atom. The molecule has 0 amide bonds. The molecule has 0 bridgehead atoms. The van der Waals surface area contributed by atoms with Gasteiger partial charge in [-0.3, -0.25) is 0 Å². The van der Waals surface area contributed by atoms with E-state index in [4.69, 9.17) is 15.7 Å². The third-order valence-corrected chi connectivity index (χ3v) is 1.63. The fourth-order valence-electron chi connectivity index (χ4n) is 0.814. The number of aliphatic hydroxyl groups is 1. The van der Waals surface area contributed by atoms with Gasteiger partial charge in [0.1, 0.15) is 6.61 Å². The summed E-state index contributed by atoms with van der Waals surface area (Å²) in [6.45, 7) is 2.70. The molecule has 0 aromatic rings. The smallest absolute Gasteiger partial charge is 0.117 e. The molecular weight excluding hydrogens is 168 g/mol. The van der Waals surface area contributed by atoms with Crippen LogP contribution in [0.15, 0.2) is 5.16 Å². The van der Waals surface area contributed by atoms with Gasteiger partial charge >= 0.3 is 0 Å². The molecule has 0 aromatic heterocycles. The maximum Gasteiger partial charge on any atom is 0.117 e. The molecular formula is C9H20N2O2. The molecule has 13 heavy (non-hydrogen) atoms. The van der Waals surface area contributed by atoms with E-state index in [1.165, 1.54) is 25.5 Å². The van der Waals surface area contributed by atoms with Crippen molar-refractivity contribution in [2.24, 2.45) is 10.9 Å². The summed E-state index contributed by atoms with van der Waals surface area (Å²) in [5.41, 5.74) is 5.36. The first-order chi connectivity index (χ1) is 6.31. The predicted molar refractivity (Wildman–Crippen MR) is 53.6 cm³/mol. The van der Waals surface area contributed by atoms with Crippen LogP contribution in [0.1, 0.15) is 32.6 Å². The molecule has 0 aliphatic rings. The third-order valence-electron chi connectivity index (χ3n) is 1.63. The van der Waals surface area contributed by atoms with Gasteiger partial charge in [0.25, 0.3) is 0 Å². The number of hydrogen-bond donors (Lipinski definition) is 2. The van der Waals surface area contributed by atoms with Gasteiger partial charge in [-0.25, -0.2) is 0 Å². The molecule has 4 nitrogen and oxygen atoms in total. The molecule has 1 atom stereocenters. The summed E-state index contributed by atoms with van der Waals surface area (Å²) < 4.78 is 0. The average molecular weight is 188 g/mol. The summed E-state index contributed by atoms with van der Waals surface area (Å²) in [4.78, 5) is 4.93. The first-order valence-corrected chi connectivity index (χ1v) is 4.83. The van der Waals surface area contributed by atoms with Crippen molar-refractivity contribution in [2.45, 2.75) is 38.6 Å². The van der Waals surface area contributed by atoms with Gasteiger partial charge in [0.15, 0.2) is 0 Å². The summed E-state index contributed by atoms with van der Waals surface area (Å²) in [5.74, 6) is 0. The van der Waals surface area contributed by atoms with Crippen LogP contribution in [0.4, 0.5) is 0 Å². The molecule has 0 radical (unpaired) electrons. The normalized spacial score (nSPS) is 13.5. The Hall–Kier alpha value is -0.610. The van der Waals surface area contributed by atoms with Crippen molar-refractivity contribution < 1.29 is 9.94 Å². The second-order valence-corrected chi connectivity index (χ2v) is 2.99. The van der Waals surface area contributed by atoms with Gasteiger partial charge in [0.05, 0.1) is 18.9 Å². The largest absolute Gasteiger partial charge is 0.396 e. The Morgan fingerprint density at radius 1 is 1.46 bits per heavy atom. The predicted octanol–water partition coefficient (Wildman–Crippen LogP) is 0.889. The van der Waals surface area contributed by atoms with Crippen LogP contribution < -0.4 is 5.73 Å². The van der Waals surface area contributed by atoms with Crippen LogP contribution in [-0.2, 0) is 4.84 Å². The van der Waals surface area contributed by atoms with Crippen molar-refractivity contribution in [1.82, 2.24) is 0 Å². The second kappa shape index (κ2) is 9.48. The van der Waals surface area contributed by atoms with Crippen LogP contribution in [0.5, 0.6) is 0 Å². The molecule has 0 spiro atoms. The SMILES string of the molecule is CCCCCCO/N=C/C(N)CO. The van der Waals surface area contributed by atoms with Crippen LogP contribution in [-0.4, -0.2) is 30.6 Å². The summed E-state index contributed by atoms with van der Waals surface area (Å²) in [7, 11) is 0. The quantitative estimate of drug-likeness (QED) is 0.337. The monoisotopic (exact) mass is 188 g/mol. The zero-order valence-corrected chi connectivity index (χ0v) is 8.28. The maximum absolute atomic E-state index is 8.54. The molecule has 0 saturated carbocycles. The third kappa shape index (κ3) is 9.30. The van der Waals surface area contributed by atoms with Crippen molar-refractivity contribution in [1.29, 1.82) is 0 Å². The first kappa shape index (κ1) is 12.4. The molecule has 0 aromatic carbocycles. The molecule has 0 fully saturated rings. The van der Waals surface area contributed by atoms with Gasteiger partial charge in [-0.2, -0.15) is 0 Å². The number of rotatable bonds is 8. The Balaban J connectivity index is 3.10. The van der Waals surface area contributed by atoms with E-state index in [9.17, 15) is 0 Å². The van der Waals surface area contributed by atoms with E-state index in [0.29, 0.717) is 6.61 Å². The first-order valence-electron chi connectivity index (χ1n) is 4.83. The average Bonchev–Trinajstić information content (AvgIpc) is 2.16. The molecule has 0 rings (SSSR count). The van der Waals surface area contributed by atoms with E-state index >= 15 is 0 Å². The Kier molecular flexibility index (Phi) is 9.03. The van der Waals surface area contributed by atoms with Gasteiger partial charge in [0, 0.05) is 0 Å². The van der Waals surface area contributed by atoms with Crippen molar-refractivity contribution in [3.05, 3.63) is 0 Å². The zero-order chi connectivity index (χ0) is 9.94. The highest BCUT2D eigenvalue weighted by Crippen LogP contribution is 1.98. The number of aliphatic hydroxyl groups excluding tert-OH is 1. The topological polar surface area (TPSA) is 67.8 Å². The zero-order valence-electron chi connectivity index (χ0n) is 8.28. The molecule has 0 aliphatic heterocycles. The van der Waals surface area contributed by atoms with Crippen LogP contribution in [0.2, 0.25) is 0 Å². The van der Waals surface area contributed by atoms with E-state index in [0.717, 1.165) is 6.42 Å². The molecule has 0 aliphatic carbocycles. The van der Waals surface area contributed by atoms with E-state index in [1.807, 2.05) is 0 Å². The fraction of sp³-hybridized carbons (Fsp3) is 0.889. The summed E-state index contributed by atoms with van der Waals surface area (Å²) in [5, 5.41) is 12.2. The summed E-state index contributed by atoms with van der Waals surface area (Å²) in [6, 6.07) is -0.407. The van der Waals surface area contributed by atoms with Gasteiger partial charge in [-0.05, 0) is 12.8 Å². The van der Waals surface area contributed by atoms with Crippen molar-refractivity contribution in [2.75, 3.05) is 13.2 Å². The number of unbranched alkanes of at least 4 members (excludes halogenated alkanes) is 3. The Bertz CT molecular complexity index is 129. The van der Waals surface area contributed by atoms with Crippen LogP contribution >= 0.6 is 0 Å². The minimum Gasteiger partial charge on any atom is -0.396 e. The van der Waals surface area contributed by atoms with Crippen LogP contribution in [0.3, 0.4) is 0 Å². The highest BCUT2D eigenvalue weighted by molar-refractivity contribution is 5.63. The minimum absolute atomic E-state index is 0.0945. The molecule has 0 heterocycles. The standard InChI is InChI=1S/C9H20N2O2/c1-2-3-4-5-6-13-11-7-9(10)8-12/h7,9,12H,2-6,8,10H2,1H3/b11-7+. The van der Waals surface area contributed by atoms with E-state index < -0.39 is 6.04 Å². The van der Waals surface area contributed by atoms with Gasteiger partial charge in [-0.1, -0.05) is 24.9 Å². The van der Waals surface area contributed by atoms with Crippen molar-refractivity contribution in [3.8, 4) is 0 Å². The van der Waals surface area contributed by atoms with Crippen molar-refractivity contribution in [3.63, 3.8) is 0 Å². The number of nitrogens with two attached hydrogens (primary N) is 1. The molecule has 4 heteroatoms. The van der Waals surface area contributed by atoms with Crippen LogP contribution in [0.25, 0.3) is 0 Å². The van der Waals surface area contributed by atoms with Gasteiger partial charge in [-0.15, -0.1) is 0 Å². The lowest BCUT2D eigenvalue weighted by molar-refractivity contribution is 0.139. The van der Waals surface area contributed by atoms with Gasteiger partial charge in [0.2, 0.25) is 0 Å². The fourth-order valence-corrected chi connectivity index (χ4v) is 0.814. The Labute approximate surface area is 79.8 Å². The van der Waals surface area contributed by atoms with E-state index in [1.54, 1.807) is 0 Å². The molecule has 0 saturated heterocycles. The lowest BCUT2D eigenvalue weighted by Gasteiger charge is -2.00. The molecule has 78 valence electrons. The molecule has 3 N–H and O–H groups in total. The summed E-state index contributed by atoms with van der Waals surface area (Å²) in [6.07, 6.45) is 6.08. The number of oxime groups is 1. The number of hydrogen-bond acceptors (Lipinski definition) is 4. The Morgan fingerprint density at radius 3 is 2.85 bits per heavy atom. The highest BCUT2D eigenvalue weighted by Gasteiger charge is 1.92. The lowest BCUT2D eigenvalue weighted by atomic mass is 10.2. The highest BCUT2D eigenvalue weighted by atomic mass is 16.6. The number of nitrogens with zero attached hydrogens (tertiary/aromatic N) is 1. The van der Waals surface area contributed by atoms with E-state index in [-0.39, 0.29) is 6.61 Å². The van der Waals surface area contributed by atoms with E-state index in [2.05, 4.69) is 12.1 Å². The second-order valence-electron chi connectivity index (χ2n) is 2.99.